The largest absolute Gasteiger partial charge is 1.00 e. The summed E-state index contributed by atoms with van der Waals surface area (Å²) in [5, 5.41) is 0. The molecule has 0 unspecified atom stereocenters. The van der Waals surface area contributed by atoms with Gasteiger partial charge in [-0.3, -0.25) is 0 Å². The van der Waals surface area contributed by atoms with Crippen molar-refractivity contribution in [3.63, 3.8) is 0 Å². The third kappa shape index (κ3) is 5.30. The van der Waals surface area contributed by atoms with Gasteiger partial charge in [0.2, 0.25) is 0 Å². The molecule has 4 aromatic rings. The molecule has 2 aliphatic carbocycles. The summed E-state index contributed by atoms with van der Waals surface area (Å²) in [6.07, 6.45) is 9.84. The number of hydrogen-bond acceptors (Lipinski definition) is 0. The van der Waals surface area contributed by atoms with Gasteiger partial charge in [-0.25, -0.2) is 0 Å². The Balaban J connectivity index is 0.00000160. The second kappa shape index (κ2) is 12.5. The van der Waals surface area contributed by atoms with E-state index in [0.29, 0.717) is 0 Å². The summed E-state index contributed by atoms with van der Waals surface area (Å²) in [7, 11) is 0. The molecule has 0 saturated heterocycles. The first-order valence-electron chi connectivity index (χ1n) is 13.5. The third-order valence-corrected chi connectivity index (χ3v) is 11.7. The molecule has 188 valence electrons. The molecule has 2 aliphatic rings. The first-order chi connectivity index (χ1) is 17.3. The zero-order valence-electron chi connectivity index (χ0n) is 21.8. The molecule has 0 nitrogen and oxygen atoms in total. The van der Waals surface area contributed by atoms with Crippen LogP contribution in [0.5, 0.6) is 0 Å². The molecule has 0 aliphatic heterocycles. The standard InChI is InChI=1S/2C17H17.2ClH.Zr/c2*1-2-3-7-13-9-6-11-16-15-10-5-4-8-14(15)12-17(13)16;;;/h2*4-6,8,10-11H,2-3,7,12H2,1H3;2*1H;/q;;;;+2/p-2. The Morgan fingerprint density at radius 2 is 0.973 bits per heavy atom. The van der Waals surface area contributed by atoms with Crippen molar-refractivity contribution >= 4 is 6.54 Å². The van der Waals surface area contributed by atoms with E-state index in [9.17, 15) is 0 Å². The summed E-state index contributed by atoms with van der Waals surface area (Å²) in [4.78, 5) is 0. The minimum absolute atomic E-state index is 0. The van der Waals surface area contributed by atoms with Crippen molar-refractivity contribution in [1.82, 2.24) is 0 Å². The summed E-state index contributed by atoms with van der Waals surface area (Å²) in [6, 6.07) is 28.1. The van der Waals surface area contributed by atoms with Crippen molar-refractivity contribution in [2.75, 3.05) is 0 Å². The molecular weight excluding hydrogens is 571 g/mol. The van der Waals surface area contributed by atoms with E-state index in [2.05, 4.69) is 86.6 Å². The SMILES string of the molecule is CCCCc1[c]([Zr+2][c]2ccc3c(c2CCCC)Cc2ccccc2-3)ccc2c1Cc1ccccc1-2.[Cl-].[Cl-]. The molecule has 3 heteroatoms. The van der Waals surface area contributed by atoms with Crippen LogP contribution in [0.1, 0.15) is 72.9 Å². The molecule has 0 amide bonds. The Morgan fingerprint density at radius 3 is 1.41 bits per heavy atom. The van der Waals surface area contributed by atoms with Crippen LogP contribution in [0.4, 0.5) is 0 Å². The summed E-state index contributed by atoms with van der Waals surface area (Å²) in [6.45, 7) is 4.66. The third-order valence-electron chi connectivity index (χ3n) is 8.04. The molecule has 4 aromatic carbocycles. The van der Waals surface area contributed by atoms with Crippen molar-refractivity contribution in [2.45, 2.75) is 65.2 Å². The van der Waals surface area contributed by atoms with Crippen LogP contribution in [0.15, 0.2) is 72.8 Å². The van der Waals surface area contributed by atoms with Gasteiger partial charge in [-0.05, 0) is 0 Å². The molecule has 0 bridgehead atoms. The second-order valence-corrected chi connectivity index (χ2v) is 13.5. The predicted molar refractivity (Wildman–Crippen MR) is 146 cm³/mol. The second-order valence-electron chi connectivity index (χ2n) is 10.2. The topological polar surface area (TPSA) is 0 Å². The Kier molecular flexibility index (Phi) is 9.55. The minimum atomic E-state index is -0.919. The predicted octanol–water partition coefficient (Wildman–Crippen LogP) is 1.56. The fourth-order valence-corrected chi connectivity index (χ4v) is 9.84. The average Bonchev–Trinajstić information content (AvgIpc) is 3.46. The van der Waals surface area contributed by atoms with Crippen LogP contribution < -0.4 is 31.4 Å². The fourth-order valence-electron chi connectivity index (χ4n) is 6.21. The van der Waals surface area contributed by atoms with E-state index in [1.165, 1.54) is 71.9 Å². The Morgan fingerprint density at radius 1 is 0.541 bits per heavy atom. The molecule has 0 radical (unpaired) electrons. The summed E-state index contributed by atoms with van der Waals surface area (Å²) in [5.41, 5.74) is 15.7. The Labute approximate surface area is 246 Å². The number of benzene rings is 4. The van der Waals surface area contributed by atoms with Crippen LogP contribution >= 0.6 is 0 Å². The van der Waals surface area contributed by atoms with Crippen molar-refractivity contribution in [3.8, 4) is 22.3 Å². The summed E-state index contributed by atoms with van der Waals surface area (Å²) >= 11 is -0.919. The van der Waals surface area contributed by atoms with E-state index in [0.717, 1.165) is 12.8 Å². The van der Waals surface area contributed by atoms with Crippen molar-refractivity contribution < 1.29 is 48.0 Å². The smallest absolute Gasteiger partial charge is 1.00 e. The van der Waals surface area contributed by atoms with E-state index in [4.69, 9.17) is 0 Å². The maximum Gasteiger partial charge on any atom is -1.00 e. The van der Waals surface area contributed by atoms with Crippen LogP contribution in [-0.2, 0) is 48.9 Å². The quantitative estimate of drug-likeness (QED) is 0.248. The van der Waals surface area contributed by atoms with E-state index >= 15 is 0 Å². The van der Waals surface area contributed by atoms with Crippen LogP contribution in [0.2, 0.25) is 0 Å². The zero-order chi connectivity index (χ0) is 23.8. The number of unbranched alkanes of at least 4 members (excludes halogenated alkanes) is 2. The summed E-state index contributed by atoms with van der Waals surface area (Å²) < 4.78 is 3.45. The molecule has 0 spiro atoms. The van der Waals surface area contributed by atoms with Gasteiger partial charge in [0.15, 0.2) is 0 Å². The van der Waals surface area contributed by atoms with Gasteiger partial charge in [-0.1, -0.05) is 0 Å². The molecule has 0 saturated carbocycles. The van der Waals surface area contributed by atoms with Gasteiger partial charge in [0.25, 0.3) is 0 Å². The molecule has 0 fully saturated rings. The van der Waals surface area contributed by atoms with Crippen molar-refractivity contribution in [2.24, 2.45) is 0 Å². The molecule has 0 N–H and O–H groups in total. The van der Waals surface area contributed by atoms with Crippen LogP contribution in [0, 0.1) is 0 Å². The molecular formula is C34H34Cl2Zr. The van der Waals surface area contributed by atoms with E-state index in [1.807, 2.05) is 0 Å². The average molecular weight is 605 g/mol. The van der Waals surface area contributed by atoms with Crippen LogP contribution in [0.3, 0.4) is 0 Å². The normalized spacial score (nSPS) is 11.9. The first-order valence-corrected chi connectivity index (χ1v) is 16.0. The number of hydrogen-bond donors (Lipinski definition) is 0. The van der Waals surface area contributed by atoms with Gasteiger partial charge in [0, 0.05) is 0 Å². The Hall–Kier alpha value is -1.66. The van der Waals surface area contributed by atoms with Crippen molar-refractivity contribution in [3.05, 3.63) is 106 Å². The maximum atomic E-state index is 2.53. The maximum absolute atomic E-state index is 2.53. The number of fused-ring (bicyclic) bond motifs is 6. The molecule has 0 aromatic heterocycles. The van der Waals surface area contributed by atoms with E-state index in [-0.39, 0.29) is 24.8 Å². The van der Waals surface area contributed by atoms with Gasteiger partial charge >= 0.3 is 223 Å². The van der Waals surface area contributed by atoms with Crippen LogP contribution in [0.25, 0.3) is 22.3 Å². The number of halogens is 2. The molecule has 6 rings (SSSR count). The minimum Gasteiger partial charge on any atom is -1.00 e. The summed E-state index contributed by atoms with van der Waals surface area (Å²) in [5.74, 6) is 0. The number of rotatable bonds is 8. The fraction of sp³-hybridized carbons (Fsp3) is 0.294. The molecule has 37 heavy (non-hydrogen) atoms. The first kappa shape index (κ1) is 28.4. The van der Waals surface area contributed by atoms with Gasteiger partial charge in [0.1, 0.15) is 0 Å². The molecule has 0 heterocycles. The monoisotopic (exact) mass is 602 g/mol. The van der Waals surface area contributed by atoms with Gasteiger partial charge in [0.05, 0.1) is 0 Å². The van der Waals surface area contributed by atoms with Gasteiger partial charge in [-0.2, -0.15) is 0 Å². The van der Waals surface area contributed by atoms with E-state index < -0.39 is 23.2 Å². The Bertz CT molecular complexity index is 1300. The van der Waals surface area contributed by atoms with Gasteiger partial charge < -0.3 is 24.8 Å². The zero-order valence-corrected chi connectivity index (χ0v) is 25.8. The molecule has 0 atom stereocenters. The van der Waals surface area contributed by atoms with E-state index in [1.54, 1.807) is 28.8 Å². The van der Waals surface area contributed by atoms with Crippen molar-refractivity contribution in [1.29, 1.82) is 0 Å². The van der Waals surface area contributed by atoms with Crippen LogP contribution in [-0.4, -0.2) is 0 Å². The van der Waals surface area contributed by atoms with Gasteiger partial charge in [-0.15, -0.1) is 0 Å².